The van der Waals surface area contributed by atoms with Crippen LogP contribution in [0.1, 0.15) is 32.6 Å². The molecule has 1 aliphatic rings. The average Bonchev–Trinajstić information content (AvgIpc) is 2.78. The van der Waals surface area contributed by atoms with E-state index in [2.05, 4.69) is 4.72 Å². The molecule has 16 heavy (non-hydrogen) atoms. The van der Waals surface area contributed by atoms with Crippen LogP contribution in [0.25, 0.3) is 0 Å². The van der Waals surface area contributed by atoms with E-state index >= 15 is 0 Å². The lowest BCUT2D eigenvalue weighted by molar-refractivity contribution is 0.254. The van der Waals surface area contributed by atoms with Gasteiger partial charge in [0.05, 0.1) is 0 Å². The molecule has 2 N–H and O–H groups in total. The van der Waals surface area contributed by atoms with Crippen molar-refractivity contribution in [3.8, 4) is 0 Å². The van der Waals surface area contributed by atoms with Gasteiger partial charge >= 0.3 is 0 Å². The van der Waals surface area contributed by atoms with Crippen molar-refractivity contribution in [2.24, 2.45) is 5.92 Å². The Morgan fingerprint density at radius 1 is 1.38 bits per heavy atom. The normalized spacial score (nSPS) is 20.1. The maximum Gasteiger partial charge on any atom is 0.279 e. The number of nitrogens with one attached hydrogen (secondary N) is 1. The molecule has 1 saturated heterocycles. The van der Waals surface area contributed by atoms with E-state index in [1.165, 1.54) is 4.31 Å². The van der Waals surface area contributed by atoms with Gasteiger partial charge in [0.15, 0.2) is 0 Å². The SMILES string of the molecule is CCC(CCO)CNS(=O)(=O)N1CCCC1. The molecule has 0 bridgehead atoms. The minimum Gasteiger partial charge on any atom is -0.396 e. The van der Waals surface area contributed by atoms with Crippen LogP contribution in [0.4, 0.5) is 0 Å². The molecule has 0 spiro atoms. The molecule has 0 aromatic carbocycles. The summed E-state index contributed by atoms with van der Waals surface area (Å²) in [4.78, 5) is 0. The van der Waals surface area contributed by atoms with E-state index in [9.17, 15) is 8.42 Å². The zero-order chi connectivity index (χ0) is 12.0. The second kappa shape index (κ2) is 6.54. The predicted octanol–water partition coefficient (Wildman–Crippen LogP) is 0.325. The Morgan fingerprint density at radius 2 is 2.00 bits per heavy atom. The van der Waals surface area contributed by atoms with E-state index in [0.717, 1.165) is 19.3 Å². The first-order valence-electron chi connectivity index (χ1n) is 5.95. The highest BCUT2D eigenvalue weighted by molar-refractivity contribution is 7.87. The summed E-state index contributed by atoms with van der Waals surface area (Å²) in [6.45, 7) is 3.81. The molecule has 0 saturated carbocycles. The smallest absolute Gasteiger partial charge is 0.279 e. The monoisotopic (exact) mass is 250 g/mol. The molecule has 0 radical (unpaired) electrons. The Bertz CT molecular complexity index is 286. The van der Waals surface area contributed by atoms with Crippen LogP contribution >= 0.6 is 0 Å². The number of hydrogen-bond donors (Lipinski definition) is 2. The lowest BCUT2D eigenvalue weighted by Gasteiger charge is -2.19. The molecule has 0 amide bonds. The second-order valence-electron chi connectivity index (χ2n) is 4.25. The predicted molar refractivity (Wildman–Crippen MR) is 63.2 cm³/mol. The molecule has 5 nitrogen and oxygen atoms in total. The molecule has 0 aromatic heterocycles. The Labute approximate surface area is 98.0 Å². The first kappa shape index (κ1) is 13.9. The zero-order valence-electron chi connectivity index (χ0n) is 9.85. The van der Waals surface area contributed by atoms with Crippen molar-refractivity contribution in [2.75, 3.05) is 26.2 Å². The third-order valence-corrected chi connectivity index (χ3v) is 4.65. The highest BCUT2D eigenvalue weighted by Gasteiger charge is 2.25. The summed E-state index contributed by atoms with van der Waals surface area (Å²) in [5, 5.41) is 8.82. The Kier molecular flexibility index (Phi) is 5.68. The van der Waals surface area contributed by atoms with Crippen LogP contribution in [0.5, 0.6) is 0 Å². The lowest BCUT2D eigenvalue weighted by atomic mass is 10.0. The molecule has 0 aromatic rings. The van der Waals surface area contributed by atoms with E-state index < -0.39 is 10.2 Å². The van der Waals surface area contributed by atoms with Crippen molar-refractivity contribution in [3.63, 3.8) is 0 Å². The molecule has 96 valence electrons. The fourth-order valence-corrected chi connectivity index (χ4v) is 3.24. The molecular weight excluding hydrogens is 228 g/mol. The topological polar surface area (TPSA) is 69.6 Å². The van der Waals surface area contributed by atoms with Gasteiger partial charge in [-0.25, -0.2) is 4.72 Å². The van der Waals surface area contributed by atoms with Gasteiger partial charge in [-0.1, -0.05) is 13.3 Å². The molecule has 1 rings (SSSR count). The highest BCUT2D eigenvalue weighted by Crippen LogP contribution is 2.12. The maximum absolute atomic E-state index is 11.8. The third kappa shape index (κ3) is 4.01. The summed E-state index contributed by atoms with van der Waals surface area (Å²) in [7, 11) is -3.28. The zero-order valence-corrected chi connectivity index (χ0v) is 10.7. The van der Waals surface area contributed by atoms with E-state index in [1.54, 1.807) is 0 Å². The van der Waals surface area contributed by atoms with Gasteiger partial charge in [0.1, 0.15) is 0 Å². The summed E-state index contributed by atoms with van der Waals surface area (Å²) in [6, 6.07) is 0. The third-order valence-electron chi connectivity index (χ3n) is 3.07. The van der Waals surface area contributed by atoms with Crippen LogP contribution in [0.15, 0.2) is 0 Å². The molecule has 1 aliphatic heterocycles. The Hall–Kier alpha value is -0.170. The average molecular weight is 250 g/mol. The number of nitrogens with zero attached hydrogens (tertiary/aromatic N) is 1. The van der Waals surface area contributed by atoms with Gasteiger partial charge < -0.3 is 5.11 Å². The van der Waals surface area contributed by atoms with E-state index in [0.29, 0.717) is 26.1 Å². The van der Waals surface area contributed by atoms with Gasteiger partial charge in [0.25, 0.3) is 10.2 Å². The summed E-state index contributed by atoms with van der Waals surface area (Å²) in [5.41, 5.74) is 0. The van der Waals surface area contributed by atoms with Crippen LogP contribution in [0, 0.1) is 5.92 Å². The van der Waals surface area contributed by atoms with Crippen molar-refractivity contribution in [2.45, 2.75) is 32.6 Å². The van der Waals surface area contributed by atoms with E-state index in [1.807, 2.05) is 6.92 Å². The van der Waals surface area contributed by atoms with Gasteiger partial charge in [-0.2, -0.15) is 12.7 Å². The van der Waals surface area contributed by atoms with Crippen LogP contribution in [-0.4, -0.2) is 44.1 Å². The van der Waals surface area contributed by atoms with Crippen LogP contribution < -0.4 is 4.72 Å². The van der Waals surface area contributed by atoms with Crippen LogP contribution in [0.2, 0.25) is 0 Å². The Balaban J connectivity index is 2.40. The number of aliphatic hydroxyl groups excluding tert-OH is 1. The summed E-state index contributed by atoms with van der Waals surface area (Å²) in [6.07, 6.45) is 3.44. The Morgan fingerprint density at radius 3 is 2.50 bits per heavy atom. The largest absolute Gasteiger partial charge is 0.396 e. The van der Waals surface area contributed by atoms with Crippen molar-refractivity contribution < 1.29 is 13.5 Å². The first-order chi connectivity index (χ1) is 7.60. The fourth-order valence-electron chi connectivity index (χ4n) is 1.88. The van der Waals surface area contributed by atoms with Crippen molar-refractivity contribution >= 4 is 10.2 Å². The summed E-state index contributed by atoms with van der Waals surface area (Å²) >= 11 is 0. The van der Waals surface area contributed by atoms with Gasteiger partial charge in [-0.05, 0) is 25.2 Å². The number of hydrogen-bond acceptors (Lipinski definition) is 3. The van der Waals surface area contributed by atoms with Gasteiger partial charge in [-0.3, -0.25) is 0 Å². The molecule has 1 atom stereocenters. The summed E-state index contributed by atoms with van der Waals surface area (Å²) < 4.78 is 27.7. The van der Waals surface area contributed by atoms with Crippen molar-refractivity contribution in [1.29, 1.82) is 0 Å². The van der Waals surface area contributed by atoms with Crippen molar-refractivity contribution in [1.82, 2.24) is 9.03 Å². The van der Waals surface area contributed by atoms with Gasteiger partial charge in [0.2, 0.25) is 0 Å². The van der Waals surface area contributed by atoms with Crippen molar-refractivity contribution in [3.05, 3.63) is 0 Å². The second-order valence-corrected chi connectivity index (χ2v) is 6.00. The maximum atomic E-state index is 11.8. The van der Waals surface area contributed by atoms with E-state index in [4.69, 9.17) is 5.11 Å². The van der Waals surface area contributed by atoms with Gasteiger partial charge in [0, 0.05) is 26.2 Å². The molecule has 1 fully saturated rings. The lowest BCUT2D eigenvalue weighted by Crippen LogP contribution is -2.41. The summed E-state index contributed by atoms with van der Waals surface area (Å²) in [5.74, 6) is 0.224. The molecule has 1 heterocycles. The van der Waals surface area contributed by atoms with Crippen LogP contribution in [-0.2, 0) is 10.2 Å². The number of rotatable bonds is 7. The van der Waals surface area contributed by atoms with Gasteiger partial charge in [-0.15, -0.1) is 0 Å². The van der Waals surface area contributed by atoms with Crippen LogP contribution in [0.3, 0.4) is 0 Å². The fraction of sp³-hybridized carbons (Fsp3) is 1.00. The molecule has 1 unspecified atom stereocenters. The first-order valence-corrected chi connectivity index (χ1v) is 7.39. The number of aliphatic hydroxyl groups is 1. The molecule has 6 heteroatoms. The minimum atomic E-state index is -3.28. The highest BCUT2D eigenvalue weighted by atomic mass is 32.2. The minimum absolute atomic E-state index is 0.115. The van der Waals surface area contributed by atoms with E-state index in [-0.39, 0.29) is 12.5 Å². The quantitative estimate of drug-likeness (QED) is 0.684. The molecule has 0 aliphatic carbocycles. The molecular formula is C10H22N2O3S. The standard InChI is InChI=1S/C10H22N2O3S/c1-2-10(5-8-13)9-11-16(14,15)12-6-3-4-7-12/h10-11,13H,2-9H2,1H3.